The van der Waals surface area contributed by atoms with Crippen molar-refractivity contribution in [1.82, 2.24) is 0 Å². The predicted octanol–water partition coefficient (Wildman–Crippen LogP) is 4.40. The molecular formula is C17H15ClN2O3. The minimum Gasteiger partial charge on any atom is -0.310 e. The summed E-state index contributed by atoms with van der Waals surface area (Å²) in [6.07, 6.45) is 2.38. The van der Waals surface area contributed by atoms with Gasteiger partial charge < -0.3 is 4.90 Å². The summed E-state index contributed by atoms with van der Waals surface area (Å²) in [5, 5.41) is 11.2. The average molecular weight is 331 g/mol. The Bertz CT molecular complexity index is 770. The van der Waals surface area contributed by atoms with Crippen LogP contribution in [0, 0.1) is 10.1 Å². The van der Waals surface area contributed by atoms with Crippen LogP contribution in [0.15, 0.2) is 42.5 Å². The van der Waals surface area contributed by atoms with E-state index in [0.717, 1.165) is 0 Å². The molecule has 6 heteroatoms. The molecular weight excluding hydrogens is 316 g/mol. The normalized spacial score (nSPS) is 13.7. The fraction of sp³-hybridized carbons (Fsp3) is 0.235. The molecule has 3 rings (SSSR count). The molecule has 0 radical (unpaired) electrons. The van der Waals surface area contributed by atoms with Crippen LogP contribution in [0.5, 0.6) is 0 Å². The lowest BCUT2D eigenvalue weighted by molar-refractivity contribution is -0.384. The highest BCUT2D eigenvalue weighted by Crippen LogP contribution is 2.42. The molecule has 0 bridgehead atoms. The smallest absolute Gasteiger partial charge is 0.269 e. The summed E-state index contributed by atoms with van der Waals surface area (Å²) in [7, 11) is 1.64. The van der Waals surface area contributed by atoms with Crippen molar-refractivity contribution in [3.8, 4) is 0 Å². The van der Waals surface area contributed by atoms with Crippen molar-refractivity contribution in [1.29, 1.82) is 0 Å². The van der Waals surface area contributed by atoms with Crippen LogP contribution >= 0.6 is 11.6 Å². The predicted molar refractivity (Wildman–Crippen MR) is 89.3 cm³/mol. The molecule has 1 amide bonds. The van der Waals surface area contributed by atoms with Crippen LogP contribution in [0.3, 0.4) is 0 Å². The summed E-state index contributed by atoms with van der Waals surface area (Å²) >= 11 is 6.31. The number of non-ortho nitro benzene ring substituents is 1. The van der Waals surface area contributed by atoms with E-state index in [2.05, 4.69) is 0 Å². The fourth-order valence-electron chi connectivity index (χ4n) is 2.49. The van der Waals surface area contributed by atoms with Crippen molar-refractivity contribution < 1.29 is 9.72 Å². The van der Waals surface area contributed by atoms with Gasteiger partial charge in [0.15, 0.2) is 0 Å². The maximum absolute atomic E-state index is 12.5. The van der Waals surface area contributed by atoms with Crippen LogP contribution in [0.4, 0.5) is 11.4 Å². The van der Waals surface area contributed by atoms with Crippen molar-refractivity contribution in [2.75, 3.05) is 11.9 Å². The minimum atomic E-state index is -0.495. The van der Waals surface area contributed by atoms with Gasteiger partial charge in [-0.2, -0.15) is 0 Å². The van der Waals surface area contributed by atoms with Gasteiger partial charge in [-0.3, -0.25) is 14.9 Å². The molecule has 0 aliphatic heterocycles. The molecule has 2 aromatic rings. The van der Waals surface area contributed by atoms with Gasteiger partial charge in [0.25, 0.3) is 11.6 Å². The lowest BCUT2D eigenvalue weighted by atomic mass is 10.1. The van der Waals surface area contributed by atoms with Gasteiger partial charge in [0.1, 0.15) is 0 Å². The number of rotatable bonds is 4. The minimum absolute atomic E-state index is 0.0454. The van der Waals surface area contributed by atoms with E-state index in [1.807, 2.05) is 18.2 Å². The van der Waals surface area contributed by atoms with Gasteiger partial charge in [-0.05, 0) is 48.6 Å². The maximum atomic E-state index is 12.5. The summed E-state index contributed by atoms with van der Waals surface area (Å²) in [6, 6.07) is 11.3. The molecule has 1 aliphatic rings. The van der Waals surface area contributed by atoms with E-state index in [1.165, 1.54) is 47.6 Å². The summed E-state index contributed by atoms with van der Waals surface area (Å²) in [6.45, 7) is 0. The first kappa shape index (κ1) is 15.5. The second-order valence-electron chi connectivity index (χ2n) is 5.65. The lowest BCUT2D eigenvalue weighted by Crippen LogP contribution is -2.26. The van der Waals surface area contributed by atoms with Crippen LogP contribution < -0.4 is 4.90 Å². The van der Waals surface area contributed by atoms with Gasteiger partial charge >= 0.3 is 0 Å². The van der Waals surface area contributed by atoms with Crippen molar-refractivity contribution in [2.45, 2.75) is 18.8 Å². The largest absolute Gasteiger partial charge is 0.310 e. The zero-order valence-electron chi connectivity index (χ0n) is 12.5. The van der Waals surface area contributed by atoms with Crippen LogP contribution in [0.2, 0.25) is 5.02 Å². The molecule has 1 fully saturated rings. The summed E-state index contributed by atoms with van der Waals surface area (Å²) < 4.78 is 0. The number of nitro benzene ring substituents is 1. The highest BCUT2D eigenvalue weighted by atomic mass is 35.5. The van der Waals surface area contributed by atoms with Gasteiger partial charge in [0, 0.05) is 24.7 Å². The molecule has 0 unspecified atom stereocenters. The molecule has 118 valence electrons. The molecule has 0 heterocycles. The number of nitro groups is 1. The third kappa shape index (κ3) is 3.19. The van der Waals surface area contributed by atoms with Crippen LogP contribution in [-0.4, -0.2) is 17.9 Å². The Morgan fingerprint density at radius 2 is 1.87 bits per heavy atom. The standard InChI is InChI=1S/C17H15ClN2O3/c1-19(16-9-6-13(10-15(16)18)11-2-3-11)17(21)12-4-7-14(8-5-12)20(22)23/h4-11H,2-3H2,1H3. The van der Waals surface area contributed by atoms with E-state index in [1.54, 1.807) is 7.05 Å². The van der Waals surface area contributed by atoms with E-state index in [4.69, 9.17) is 11.6 Å². The highest BCUT2D eigenvalue weighted by molar-refractivity contribution is 6.34. The van der Waals surface area contributed by atoms with Crippen LogP contribution in [0.25, 0.3) is 0 Å². The van der Waals surface area contributed by atoms with E-state index in [0.29, 0.717) is 22.2 Å². The van der Waals surface area contributed by atoms with Gasteiger partial charge in [-0.15, -0.1) is 0 Å². The summed E-state index contributed by atoms with van der Waals surface area (Å²) in [5.74, 6) is 0.332. The van der Waals surface area contributed by atoms with Gasteiger partial charge in [0.05, 0.1) is 15.6 Å². The molecule has 0 saturated heterocycles. The molecule has 2 aromatic carbocycles. The Labute approximate surface area is 138 Å². The molecule has 0 N–H and O–H groups in total. The number of carbonyl (C=O) groups excluding carboxylic acids is 1. The fourth-order valence-corrected chi connectivity index (χ4v) is 2.81. The monoisotopic (exact) mass is 330 g/mol. The SMILES string of the molecule is CN(C(=O)c1ccc([N+](=O)[O-])cc1)c1ccc(C2CC2)cc1Cl. The van der Waals surface area contributed by atoms with Crippen molar-refractivity contribution in [3.63, 3.8) is 0 Å². The highest BCUT2D eigenvalue weighted by Gasteiger charge is 2.25. The summed E-state index contributed by atoms with van der Waals surface area (Å²) in [5.41, 5.74) is 2.16. The first-order chi connectivity index (χ1) is 11.0. The van der Waals surface area contributed by atoms with Gasteiger partial charge in [-0.1, -0.05) is 17.7 Å². The molecule has 5 nitrogen and oxygen atoms in total. The topological polar surface area (TPSA) is 63.5 Å². The second kappa shape index (κ2) is 6.01. The molecule has 23 heavy (non-hydrogen) atoms. The number of carbonyl (C=O) groups is 1. The number of nitrogens with zero attached hydrogens (tertiary/aromatic N) is 2. The molecule has 1 aliphatic carbocycles. The second-order valence-corrected chi connectivity index (χ2v) is 6.06. The van der Waals surface area contributed by atoms with Crippen molar-refractivity contribution >= 4 is 28.9 Å². The van der Waals surface area contributed by atoms with Crippen molar-refractivity contribution in [3.05, 3.63) is 68.7 Å². The zero-order valence-corrected chi connectivity index (χ0v) is 13.3. The molecule has 0 spiro atoms. The van der Waals surface area contributed by atoms with Crippen molar-refractivity contribution in [2.24, 2.45) is 0 Å². The number of benzene rings is 2. The Morgan fingerprint density at radius 1 is 1.22 bits per heavy atom. The summed E-state index contributed by atoms with van der Waals surface area (Å²) in [4.78, 5) is 24.1. The lowest BCUT2D eigenvalue weighted by Gasteiger charge is -2.19. The van der Waals surface area contributed by atoms with Crippen LogP contribution in [0.1, 0.15) is 34.7 Å². The third-order valence-corrected chi connectivity index (χ3v) is 4.31. The Balaban J connectivity index is 1.82. The van der Waals surface area contributed by atoms with Crippen LogP contribution in [-0.2, 0) is 0 Å². The van der Waals surface area contributed by atoms with E-state index in [9.17, 15) is 14.9 Å². The number of hydrogen-bond donors (Lipinski definition) is 0. The first-order valence-corrected chi connectivity index (χ1v) is 7.67. The Hall–Kier alpha value is -2.40. The average Bonchev–Trinajstić information content (AvgIpc) is 3.38. The zero-order chi connectivity index (χ0) is 16.6. The molecule has 0 aromatic heterocycles. The Morgan fingerprint density at radius 3 is 2.39 bits per heavy atom. The van der Waals surface area contributed by atoms with Gasteiger partial charge in [-0.25, -0.2) is 0 Å². The molecule has 0 atom stereocenters. The third-order valence-electron chi connectivity index (χ3n) is 4.01. The molecule has 1 saturated carbocycles. The number of amides is 1. The van der Waals surface area contributed by atoms with Gasteiger partial charge in [0.2, 0.25) is 0 Å². The van der Waals surface area contributed by atoms with E-state index >= 15 is 0 Å². The Kier molecular flexibility index (Phi) is 4.05. The first-order valence-electron chi connectivity index (χ1n) is 7.29. The number of hydrogen-bond acceptors (Lipinski definition) is 3. The van der Waals surface area contributed by atoms with E-state index < -0.39 is 4.92 Å². The number of anilines is 1. The van der Waals surface area contributed by atoms with E-state index in [-0.39, 0.29) is 11.6 Å². The number of halogens is 1. The quantitative estimate of drug-likeness (QED) is 0.616. The maximum Gasteiger partial charge on any atom is 0.269 e.